The van der Waals surface area contributed by atoms with Crippen LogP contribution >= 0.6 is 0 Å². The summed E-state index contributed by atoms with van der Waals surface area (Å²) in [5.41, 5.74) is 3.14. The lowest BCUT2D eigenvalue weighted by Gasteiger charge is -2.38. The molecule has 2 amide bonds. The Bertz CT molecular complexity index is 689. The van der Waals surface area contributed by atoms with Crippen molar-refractivity contribution in [2.75, 3.05) is 13.7 Å². The van der Waals surface area contributed by atoms with Crippen molar-refractivity contribution < 1.29 is 23.9 Å². The molecule has 1 aromatic carbocycles. The predicted molar refractivity (Wildman–Crippen MR) is 95.4 cm³/mol. The van der Waals surface area contributed by atoms with Gasteiger partial charge >= 0.3 is 6.16 Å². The van der Waals surface area contributed by atoms with Gasteiger partial charge in [-0.15, -0.1) is 0 Å². The zero-order valence-corrected chi connectivity index (χ0v) is 15.7. The molecule has 0 aromatic heterocycles. The molecule has 7 nitrogen and oxygen atoms in total. The van der Waals surface area contributed by atoms with Gasteiger partial charge in [-0.2, -0.15) is 0 Å². The second-order valence-corrected chi connectivity index (χ2v) is 6.62. The van der Waals surface area contributed by atoms with Crippen LogP contribution in [0, 0.1) is 13.8 Å². The normalized spacial score (nSPS) is 19.6. The summed E-state index contributed by atoms with van der Waals surface area (Å²) in [5, 5.41) is 2.90. The summed E-state index contributed by atoms with van der Waals surface area (Å²) >= 11 is 0. The molecule has 1 fully saturated rings. The van der Waals surface area contributed by atoms with E-state index in [1.165, 1.54) is 14.0 Å². The van der Waals surface area contributed by atoms with E-state index >= 15 is 0 Å². The molecule has 7 heteroatoms. The summed E-state index contributed by atoms with van der Waals surface area (Å²) < 4.78 is 9.70. The zero-order chi connectivity index (χ0) is 19.3. The van der Waals surface area contributed by atoms with Crippen molar-refractivity contribution in [1.29, 1.82) is 0 Å². The van der Waals surface area contributed by atoms with E-state index in [1.807, 2.05) is 32.0 Å². The number of benzene rings is 1. The van der Waals surface area contributed by atoms with Crippen LogP contribution in [0.1, 0.15) is 36.5 Å². The van der Waals surface area contributed by atoms with Crippen molar-refractivity contribution in [3.8, 4) is 0 Å². The van der Waals surface area contributed by atoms with E-state index < -0.39 is 18.4 Å². The third kappa shape index (κ3) is 5.21. The smallest absolute Gasteiger partial charge is 0.438 e. The summed E-state index contributed by atoms with van der Waals surface area (Å²) in [6.07, 6.45) is -0.576. The van der Waals surface area contributed by atoms with E-state index in [4.69, 9.17) is 4.74 Å². The van der Waals surface area contributed by atoms with Crippen molar-refractivity contribution in [1.82, 2.24) is 10.2 Å². The fourth-order valence-electron chi connectivity index (χ4n) is 3.19. The molecule has 26 heavy (non-hydrogen) atoms. The fraction of sp³-hybridized carbons (Fsp3) is 0.526. The van der Waals surface area contributed by atoms with Crippen molar-refractivity contribution in [3.05, 3.63) is 34.9 Å². The van der Waals surface area contributed by atoms with Gasteiger partial charge in [0.15, 0.2) is 0 Å². The number of likely N-dealkylation sites (tertiary alicyclic amines) is 1. The summed E-state index contributed by atoms with van der Waals surface area (Å²) in [5.74, 6) is -0.301. The van der Waals surface area contributed by atoms with Crippen molar-refractivity contribution in [2.24, 2.45) is 0 Å². The number of nitrogens with zero attached hydrogens (tertiary/aromatic N) is 1. The molecular weight excluding hydrogens is 336 g/mol. The maximum Gasteiger partial charge on any atom is 0.508 e. The molecule has 0 spiro atoms. The van der Waals surface area contributed by atoms with Gasteiger partial charge in [-0.05, 0) is 25.0 Å². The second-order valence-electron chi connectivity index (χ2n) is 6.62. The number of amides is 2. The third-order valence-corrected chi connectivity index (χ3v) is 4.57. The number of methoxy groups -OCH3 is 1. The number of rotatable bonds is 4. The number of nitrogens with one attached hydrogen (secondary N) is 1. The van der Waals surface area contributed by atoms with Gasteiger partial charge in [0, 0.05) is 26.3 Å². The van der Waals surface area contributed by atoms with Crippen LogP contribution in [0.5, 0.6) is 0 Å². The Balaban J connectivity index is 2.03. The molecule has 2 unspecified atom stereocenters. The minimum Gasteiger partial charge on any atom is -0.438 e. The molecule has 1 heterocycles. The SMILES string of the molecule is COC(=O)OC1CCN(C(C)=O)C(NC(=O)Cc2ccc(C)cc2C)C1. The van der Waals surface area contributed by atoms with Gasteiger partial charge in [0.2, 0.25) is 11.8 Å². The highest BCUT2D eigenvalue weighted by atomic mass is 16.7. The first-order valence-corrected chi connectivity index (χ1v) is 8.67. The van der Waals surface area contributed by atoms with Gasteiger partial charge in [-0.1, -0.05) is 23.8 Å². The van der Waals surface area contributed by atoms with E-state index in [2.05, 4.69) is 10.1 Å². The second kappa shape index (κ2) is 8.69. The molecule has 0 bridgehead atoms. The Labute approximate surface area is 153 Å². The number of ether oxygens (including phenoxy) is 2. The number of hydrogen-bond donors (Lipinski definition) is 1. The van der Waals surface area contributed by atoms with Crippen molar-refractivity contribution in [3.63, 3.8) is 0 Å². The number of hydrogen-bond acceptors (Lipinski definition) is 5. The Kier molecular flexibility index (Phi) is 6.60. The topological polar surface area (TPSA) is 84.9 Å². The monoisotopic (exact) mass is 362 g/mol. The average molecular weight is 362 g/mol. The molecule has 1 saturated heterocycles. The Morgan fingerprint density at radius 3 is 2.62 bits per heavy atom. The molecule has 0 saturated carbocycles. The molecule has 142 valence electrons. The predicted octanol–water partition coefficient (Wildman–Crippen LogP) is 2.08. The van der Waals surface area contributed by atoms with Gasteiger partial charge in [0.1, 0.15) is 12.3 Å². The molecule has 2 rings (SSSR count). The first-order valence-electron chi connectivity index (χ1n) is 8.67. The van der Waals surface area contributed by atoms with Gasteiger partial charge in [-0.3, -0.25) is 9.59 Å². The van der Waals surface area contributed by atoms with Crippen LogP contribution in [-0.2, 0) is 25.5 Å². The minimum atomic E-state index is -0.758. The maximum atomic E-state index is 12.5. The van der Waals surface area contributed by atoms with Crippen LogP contribution in [0.4, 0.5) is 4.79 Å². The molecular formula is C19H26N2O5. The number of aryl methyl sites for hydroxylation is 2. The molecule has 2 atom stereocenters. The van der Waals surface area contributed by atoms with Gasteiger partial charge in [0.25, 0.3) is 0 Å². The van der Waals surface area contributed by atoms with Gasteiger partial charge in [-0.25, -0.2) is 4.79 Å². The van der Waals surface area contributed by atoms with Crippen LogP contribution in [0.25, 0.3) is 0 Å². The standard InChI is InChI=1S/C19H26N2O5/c1-12-5-6-15(13(2)9-12)10-18(23)20-17-11-16(26-19(24)25-4)7-8-21(17)14(3)22/h5-6,9,16-17H,7-8,10-11H2,1-4H3,(H,20,23). The van der Waals surface area contributed by atoms with E-state index in [0.717, 1.165) is 16.7 Å². The highest BCUT2D eigenvalue weighted by Crippen LogP contribution is 2.20. The van der Waals surface area contributed by atoms with Crippen molar-refractivity contribution >= 4 is 18.0 Å². The summed E-state index contributed by atoms with van der Waals surface area (Å²) in [6.45, 7) is 5.85. The highest BCUT2D eigenvalue weighted by molar-refractivity contribution is 5.80. The summed E-state index contributed by atoms with van der Waals surface area (Å²) in [4.78, 5) is 37.3. The van der Waals surface area contributed by atoms with Crippen molar-refractivity contribution in [2.45, 2.75) is 52.3 Å². The zero-order valence-electron chi connectivity index (χ0n) is 15.7. The van der Waals surface area contributed by atoms with Gasteiger partial charge < -0.3 is 19.7 Å². The Morgan fingerprint density at radius 1 is 1.27 bits per heavy atom. The van der Waals surface area contributed by atoms with Crippen LogP contribution in [0.15, 0.2) is 18.2 Å². The lowest BCUT2D eigenvalue weighted by atomic mass is 10.0. The van der Waals surface area contributed by atoms with Crippen LogP contribution < -0.4 is 5.32 Å². The molecule has 1 N–H and O–H groups in total. The quantitative estimate of drug-likeness (QED) is 0.829. The lowest BCUT2D eigenvalue weighted by Crippen LogP contribution is -2.56. The molecule has 1 aliphatic rings. The van der Waals surface area contributed by atoms with Crippen LogP contribution in [-0.4, -0.2) is 48.8 Å². The molecule has 0 radical (unpaired) electrons. The number of carbonyl (C=O) groups excluding carboxylic acids is 3. The lowest BCUT2D eigenvalue weighted by molar-refractivity contribution is -0.137. The minimum absolute atomic E-state index is 0.127. The van der Waals surface area contributed by atoms with E-state index in [-0.39, 0.29) is 18.2 Å². The van der Waals surface area contributed by atoms with E-state index in [1.54, 1.807) is 4.90 Å². The van der Waals surface area contributed by atoms with Gasteiger partial charge in [0.05, 0.1) is 13.5 Å². The number of carbonyl (C=O) groups is 3. The summed E-state index contributed by atoms with van der Waals surface area (Å²) in [7, 11) is 1.25. The van der Waals surface area contributed by atoms with E-state index in [0.29, 0.717) is 19.4 Å². The molecule has 0 aliphatic carbocycles. The average Bonchev–Trinajstić information content (AvgIpc) is 2.57. The fourth-order valence-corrected chi connectivity index (χ4v) is 3.19. The maximum absolute atomic E-state index is 12.5. The first kappa shape index (κ1) is 19.8. The molecule has 1 aliphatic heterocycles. The first-order chi connectivity index (χ1) is 12.3. The van der Waals surface area contributed by atoms with Crippen LogP contribution in [0.2, 0.25) is 0 Å². The Hall–Kier alpha value is -2.57. The largest absolute Gasteiger partial charge is 0.508 e. The third-order valence-electron chi connectivity index (χ3n) is 4.57. The van der Waals surface area contributed by atoms with E-state index in [9.17, 15) is 14.4 Å². The number of piperidine rings is 1. The molecule has 1 aromatic rings. The Morgan fingerprint density at radius 2 is 2.00 bits per heavy atom. The summed E-state index contributed by atoms with van der Waals surface area (Å²) in [6, 6.07) is 5.95. The highest BCUT2D eigenvalue weighted by Gasteiger charge is 2.33. The van der Waals surface area contributed by atoms with Crippen LogP contribution in [0.3, 0.4) is 0 Å².